The standard InChI is InChI=1S/C26H35N7O3/c1-18(2)32-8-5-9-33(11-10-32)25-17-27-23(16-28-25)26(34)29-24-14-20(30-31-24)7-6-19-12-21(35-3)15-22(13-19)36-4/h12-18H,5-11H2,1-4H3,(H2,29,30,31,34). The van der Waals surface area contributed by atoms with E-state index in [9.17, 15) is 4.79 Å². The third kappa shape index (κ3) is 6.51. The maximum Gasteiger partial charge on any atom is 0.277 e. The minimum absolute atomic E-state index is 0.261. The lowest BCUT2D eigenvalue weighted by Gasteiger charge is -2.25. The quantitative estimate of drug-likeness (QED) is 0.468. The zero-order valence-corrected chi connectivity index (χ0v) is 21.5. The largest absolute Gasteiger partial charge is 0.497 e. The molecule has 4 rings (SSSR count). The highest BCUT2D eigenvalue weighted by atomic mass is 16.5. The van der Waals surface area contributed by atoms with Crippen LogP contribution in [0.3, 0.4) is 0 Å². The second-order valence-corrected chi connectivity index (χ2v) is 9.18. The van der Waals surface area contributed by atoms with Crippen LogP contribution in [-0.2, 0) is 12.8 Å². The van der Waals surface area contributed by atoms with Crippen molar-refractivity contribution >= 4 is 17.5 Å². The molecule has 36 heavy (non-hydrogen) atoms. The van der Waals surface area contributed by atoms with Crippen LogP contribution in [0.4, 0.5) is 11.6 Å². The Labute approximate surface area is 212 Å². The topological polar surface area (TPSA) is 108 Å². The Morgan fingerprint density at radius 2 is 1.78 bits per heavy atom. The van der Waals surface area contributed by atoms with Gasteiger partial charge in [0.1, 0.15) is 28.8 Å². The summed E-state index contributed by atoms with van der Waals surface area (Å²) in [5.74, 6) is 2.49. The molecule has 192 valence electrons. The van der Waals surface area contributed by atoms with E-state index in [1.165, 1.54) is 6.20 Å². The van der Waals surface area contributed by atoms with Crippen LogP contribution in [0.1, 0.15) is 42.0 Å². The van der Waals surface area contributed by atoms with Gasteiger partial charge in [-0.25, -0.2) is 9.97 Å². The van der Waals surface area contributed by atoms with E-state index in [0.717, 1.165) is 67.6 Å². The average molecular weight is 494 g/mol. The number of aryl methyl sites for hydroxylation is 2. The monoisotopic (exact) mass is 493 g/mol. The Hall–Kier alpha value is -3.66. The van der Waals surface area contributed by atoms with Crippen LogP contribution in [0.2, 0.25) is 0 Å². The van der Waals surface area contributed by atoms with Gasteiger partial charge in [-0.2, -0.15) is 5.10 Å². The highest BCUT2D eigenvalue weighted by molar-refractivity contribution is 6.02. The highest BCUT2D eigenvalue weighted by Gasteiger charge is 2.19. The maximum atomic E-state index is 12.7. The molecule has 2 aromatic heterocycles. The Morgan fingerprint density at radius 3 is 2.44 bits per heavy atom. The first kappa shape index (κ1) is 25.4. The number of hydrogen-bond acceptors (Lipinski definition) is 8. The van der Waals surface area contributed by atoms with Crippen LogP contribution in [0.15, 0.2) is 36.7 Å². The van der Waals surface area contributed by atoms with Gasteiger partial charge in [0, 0.05) is 44.4 Å². The Balaban J connectivity index is 1.31. The summed E-state index contributed by atoms with van der Waals surface area (Å²) in [4.78, 5) is 26.3. The summed E-state index contributed by atoms with van der Waals surface area (Å²) in [6.07, 6.45) is 5.74. The molecule has 1 saturated heterocycles. The molecule has 0 bridgehead atoms. The van der Waals surface area contributed by atoms with Crippen molar-refractivity contribution in [1.82, 2.24) is 25.1 Å². The predicted molar refractivity (Wildman–Crippen MR) is 139 cm³/mol. The lowest BCUT2D eigenvalue weighted by atomic mass is 10.1. The normalized spacial score (nSPS) is 14.5. The van der Waals surface area contributed by atoms with Gasteiger partial charge in [0.05, 0.1) is 32.3 Å². The molecule has 0 saturated carbocycles. The molecule has 1 amide bonds. The number of nitrogens with zero attached hydrogens (tertiary/aromatic N) is 5. The number of ether oxygens (including phenoxy) is 2. The SMILES string of the molecule is COc1cc(CCc2cc(NC(=O)c3cnc(N4CCCN(C(C)C)CC4)cn3)[nH]n2)cc(OC)c1. The fraction of sp³-hybridized carbons (Fsp3) is 0.462. The summed E-state index contributed by atoms with van der Waals surface area (Å²) in [6, 6.07) is 8.16. The van der Waals surface area contributed by atoms with E-state index in [4.69, 9.17) is 9.47 Å². The molecular formula is C26H35N7O3. The van der Waals surface area contributed by atoms with Crippen molar-refractivity contribution in [2.75, 3.05) is 50.6 Å². The predicted octanol–water partition coefficient (Wildman–Crippen LogP) is 3.17. The van der Waals surface area contributed by atoms with Crippen LogP contribution in [-0.4, -0.2) is 77.4 Å². The molecule has 3 aromatic rings. The number of nitrogens with one attached hydrogen (secondary N) is 2. The molecule has 2 N–H and O–H groups in total. The van der Waals surface area contributed by atoms with Crippen molar-refractivity contribution in [2.24, 2.45) is 0 Å². The van der Waals surface area contributed by atoms with Crippen molar-refractivity contribution in [3.05, 3.63) is 53.6 Å². The Kier molecular flexibility index (Phi) is 8.37. The number of aromatic nitrogens is 4. The zero-order chi connectivity index (χ0) is 25.5. The summed E-state index contributed by atoms with van der Waals surface area (Å²) in [7, 11) is 3.27. The van der Waals surface area contributed by atoms with Crippen molar-refractivity contribution in [1.29, 1.82) is 0 Å². The zero-order valence-electron chi connectivity index (χ0n) is 21.5. The van der Waals surface area contributed by atoms with Gasteiger partial charge in [0.2, 0.25) is 0 Å². The summed E-state index contributed by atoms with van der Waals surface area (Å²) in [5, 5.41) is 10.0. The minimum Gasteiger partial charge on any atom is -0.497 e. The van der Waals surface area contributed by atoms with E-state index in [2.05, 4.69) is 49.1 Å². The van der Waals surface area contributed by atoms with Gasteiger partial charge in [0.25, 0.3) is 5.91 Å². The van der Waals surface area contributed by atoms with Crippen LogP contribution < -0.4 is 19.7 Å². The van der Waals surface area contributed by atoms with E-state index >= 15 is 0 Å². The molecule has 1 aliphatic rings. The summed E-state index contributed by atoms with van der Waals surface area (Å²) in [6.45, 7) is 8.37. The van der Waals surface area contributed by atoms with E-state index in [-0.39, 0.29) is 11.6 Å². The van der Waals surface area contributed by atoms with Crippen molar-refractivity contribution in [3.63, 3.8) is 0 Å². The van der Waals surface area contributed by atoms with Gasteiger partial charge in [-0.1, -0.05) is 0 Å². The number of methoxy groups -OCH3 is 2. The molecule has 3 heterocycles. The first-order valence-electron chi connectivity index (χ1n) is 12.3. The number of rotatable bonds is 9. The summed E-state index contributed by atoms with van der Waals surface area (Å²) in [5.41, 5.74) is 2.18. The summed E-state index contributed by atoms with van der Waals surface area (Å²) < 4.78 is 10.7. The van der Waals surface area contributed by atoms with Gasteiger partial charge >= 0.3 is 0 Å². The first-order valence-corrected chi connectivity index (χ1v) is 12.3. The smallest absolute Gasteiger partial charge is 0.277 e. The lowest BCUT2D eigenvalue weighted by Crippen LogP contribution is -2.35. The highest BCUT2D eigenvalue weighted by Crippen LogP contribution is 2.23. The molecule has 1 aliphatic heterocycles. The van der Waals surface area contributed by atoms with E-state index < -0.39 is 0 Å². The molecule has 0 atom stereocenters. The molecule has 1 fully saturated rings. The van der Waals surface area contributed by atoms with Gasteiger partial charge in [-0.05, 0) is 50.8 Å². The van der Waals surface area contributed by atoms with Crippen LogP contribution in [0, 0.1) is 0 Å². The average Bonchev–Trinajstić information content (AvgIpc) is 3.19. The third-order valence-corrected chi connectivity index (χ3v) is 6.42. The number of hydrogen-bond donors (Lipinski definition) is 2. The number of carbonyl (C=O) groups is 1. The number of benzene rings is 1. The molecular weight excluding hydrogens is 458 g/mol. The first-order chi connectivity index (χ1) is 17.4. The second-order valence-electron chi connectivity index (χ2n) is 9.18. The van der Waals surface area contributed by atoms with Crippen molar-refractivity contribution in [3.8, 4) is 11.5 Å². The van der Waals surface area contributed by atoms with E-state index in [0.29, 0.717) is 18.3 Å². The van der Waals surface area contributed by atoms with Gasteiger partial charge in [0.15, 0.2) is 0 Å². The number of aromatic amines is 1. The number of amides is 1. The molecule has 0 unspecified atom stereocenters. The summed E-state index contributed by atoms with van der Waals surface area (Å²) >= 11 is 0. The minimum atomic E-state index is -0.330. The Morgan fingerprint density at radius 1 is 1.00 bits per heavy atom. The molecule has 0 radical (unpaired) electrons. The van der Waals surface area contributed by atoms with Crippen LogP contribution in [0.25, 0.3) is 0 Å². The van der Waals surface area contributed by atoms with Gasteiger partial charge < -0.3 is 19.7 Å². The van der Waals surface area contributed by atoms with Crippen molar-refractivity contribution < 1.29 is 14.3 Å². The molecule has 0 aliphatic carbocycles. The lowest BCUT2D eigenvalue weighted by molar-refractivity contribution is 0.102. The number of anilines is 2. The van der Waals surface area contributed by atoms with E-state index in [1.54, 1.807) is 20.4 Å². The molecule has 10 nitrogen and oxygen atoms in total. The van der Waals surface area contributed by atoms with Crippen LogP contribution in [0.5, 0.6) is 11.5 Å². The van der Waals surface area contributed by atoms with Crippen molar-refractivity contribution in [2.45, 2.75) is 39.2 Å². The number of H-pyrrole nitrogens is 1. The van der Waals surface area contributed by atoms with E-state index in [1.807, 2.05) is 24.3 Å². The fourth-order valence-electron chi connectivity index (χ4n) is 4.31. The maximum absolute atomic E-state index is 12.7. The second kappa shape index (κ2) is 11.9. The molecule has 0 spiro atoms. The molecule has 1 aromatic carbocycles. The van der Waals surface area contributed by atoms with Gasteiger partial charge in [-0.15, -0.1) is 0 Å². The van der Waals surface area contributed by atoms with Crippen LogP contribution >= 0.6 is 0 Å². The molecule has 10 heteroatoms. The Bertz CT molecular complexity index is 1120. The third-order valence-electron chi connectivity index (χ3n) is 6.42. The number of carbonyl (C=O) groups excluding carboxylic acids is 1. The van der Waals surface area contributed by atoms with Gasteiger partial charge in [-0.3, -0.25) is 14.8 Å². The fourth-order valence-corrected chi connectivity index (χ4v) is 4.31.